The molecule has 0 bridgehead atoms. The fraction of sp³-hybridized carbons (Fsp3) is 0.350. The Morgan fingerprint density at radius 1 is 1.22 bits per heavy atom. The molecule has 1 aliphatic rings. The Kier molecular flexibility index (Phi) is 5.71. The molecule has 2 amide bonds. The summed E-state index contributed by atoms with van der Waals surface area (Å²) >= 11 is 0. The van der Waals surface area contributed by atoms with Crippen LogP contribution in [0.3, 0.4) is 0 Å². The van der Waals surface area contributed by atoms with Crippen LogP contribution in [0.5, 0.6) is 0 Å². The molecular weight excluding hydrogens is 346 g/mol. The number of carbonyl (C=O) groups is 2. The number of aliphatic hydroxyl groups is 1. The number of pyridine rings is 1. The largest absolute Gasteiger partial charge is 0.396 e. The van der Waals surface area contributed by atoms with Gasteiger partial charge in [-0.15, -0.1) is 0 Å². The highest BCUT2D eigenvalue weighted by Crippen LogP contribution is 2.33. The third kappa shape index (κ3) is 4.43. The van der Waals surface area contributed by atoms with Gasteiger partial charge in [0.25, 0.3) is 17.4 Å². The second kappa shape index (κ2) is 8.18. The van der Waals surface area contributed by atoms with Crippen LogP contribution in [0.25, 0.3) is 0 Å². The van der Waals surface area contributed by atoms with Crippen molar-refractivity contribution in [3.8, 4) is 0 Å². The molecule has 1 aromatic carbocycles. The molecule has 3 rings (SSSR count). The van der Waals surface area contributed by atoms with Crippen molar-refractivity contribution >= 4 is 11.8 Å². The molecule has 0 aliphatic heterocycles. The van der Waals surface area contributed by atoms with E-state index in [1.165, 1.54) is 23.9 Å². The highest BCUT2D eigenvalue weighted by molar-refractivity contribution is 5.99. The number of aliphatic hydroxyl groups excluding tert-OH is 1. The molecule has 0 spiro atoms. The average Bonchev–Trinajstić information content (AvgIpc) is 3.41. The second-order valence-corrected chi connectivity index (χ2v) is 6.73. The maximum Gasteiger partial charge on any atom is 0.263 e. The standard InChI is InChI=1S/C20H23N3O4/c1-21-19(26)16-9-15(18(25)22-17-10-14(17)7-8-24)12-23(20(16)27)11-13-5-3-2-4-6-13/h2-6,9,12,14,17,24H,7-8,10-11H2,1H3,(H,21,26)(H,22,25)/t14-,17-/m1/s1. The van der Waals surface area contributed by atoms with Crippen LogP contribution in [0.4, 0.5) is 0 Å². The van der Waals surface area contributed by atoms with Crippen molar-refractivity contribution in [3.63, 3.8) is 0 Å². The highest BCUT2D eigenvalue weighted by atomic mass is 16.3. The van der Waals surface area contributed by atoms with E-state index in [9.17, 15) is 14.4 Å². The van der Waals surface area contributed by atoms with E-state index in [-0.39, 0.29) is 42.1 Å². The van der Waals surface area contributed by atoms with Crippen molar-refractivity contribution in [1.82, 2.24) is 15.2 Å². The zero-order valence-corrected chi connectivity index (χ0v) is 15.1. The molecule has 1 aliphatic carbocycles. The van der Waals surface area contributed by atoms with Crippen LogP contribution in [0.1, 0.15) is 39.1 Å². The summed E-state index contributed by atoms with van der Waals surface area (Å²) in [7, 11) is 1.44. The first-order chi connectivity index (χ1) is 13.0. The molecule has 0 unspecified atom stereocenters. The zero-order chi connectivity index (χ0) is 19.4. The van der Waals surface area contributed by atoms with E-state index in [1.807, 2.05) is 30.3 Å². The lowest BCUT2D eigenvalue weighted by Gasteiger charge is -2.12. The van der Waals surface area contributed by atoms with Crippen molar-refractivity contribution in [2.45, 2.75) is 25.4 Å². The molecule has 2 atom stereocenters. The minimum absolute atomic E-state index is 0.0302. The number of carbonyl (C=O) groups excluding carboxylic acids is 2. The van der Waals surface area contributed by atoms with Crippen LogP contribution in [0.15, 0.2) is 47.4 Å². The van der Waals surface area contributed by atoms with E-state index in [4.69, 9.17) is 5.11 Å². The first-order valence-electron chi connectivity index (χ1n) is 8.95. The number of amides is 2. The van der Waals surface area contributed by atoms with Gasteiger partial charge in [0.1, 0.15) is 5.56 Å². The number of aromatic nitrogens is 1. The Labute approximate surface area is 157 Å². The van der Waals surface area contributed by atoms with Crippen LogP contribution in [0, 0.1) is 5.92 Å². The number of rotatable bonds is 7. The van der Waals surface area contributed by atoms with Gasteiger partial charge in [-0.25, -0.2) is 0 Å². The number of nitrogens with one attached hydrogen (secondary N) is 2. The molecule has 142 valence electrons. The predicted molar refractivity (Wildman–Crippen MR) is 101 cm³/mol. The molecule has 2 aromatic rings. The smallest absolute Gasteiger partial charge is 0.263 e. The second-order valence-electron chi connectivity index (χ2n) is 6.73. The Morgan fingerprint density at radius 2 is 1.96 bits per heavy atom. The van der Waals surface area contributed by atoms with Gasteiger partial charge in [0.2, 0.25) is 0 Å². The summed E-state index contributed by atoms with van der Waals surface area (Å²) in [4.78, 5) is 37.4. The molecule has 1 saturated carbocycles. The topological polar surface area (TPSA) is 100 Å². The third-order valence-corrected chi connectivity index (χ3v) is 4.75. The number of hydrogen-bond acceptors (Lipinski definition) is 4. The Hall–Kier alpha value is -2.93. The summed E-state index contributed by atoms with van der Waals surface area (Å²) in [5.74, 6) is -0.568. The number of benzene rings is 1. The minimum atomic E-state index is -0.527. The summed E-state index contributed by atoms with van der Waals surface area (Å²) in [6.45, 7) is 0.362. The van der Waals surface area contributed by atoms with E-state index in [0.717, 1.165) is 12.0 Å². The van der Waals surface area contributed by atoms with Crippen molar-refractivity contribution in [3.05, 3.63) is 69.6 Å². The van der Waals surface area contributed by atoms with E-state index in [0.29, 0.717) is 6.42 Å². The van der Waals surface area contributed by atoms with Crippen LogP contribution >= 0.6 is 0 Å². The molecule has 0 saturated heterocycles. The molecule has 0 radical (unpaired) electrons. The number of nitrogens with zero attached hydrogens (tertiary/aromatic N) is 1. The SMILES string of the molecule is CNC(=O)c1cc(C(=O)N[C@@H]2C[C@H]2CCO)cn(Cc2ccccc2)c1=O. The minimum Gasteiger partial charge on any atom is -0.396 e. The van der Waals surface area contributed by atoms with Crippen molar-refractivity contribution in [2.24, 2.45) is 5.92 Å². The fourth-order valence-corrected chi connectivity index (χ4v) is 3.12. The van der Waals surface area contributed by atoms with Crippen LogP contribution < -0.4 is 16.2 Å². The normalized spacial score (nSPS) is 18.0. The van der Waals surface area contributed by atoms with Gasteiger partial charge in [-0.3, -0.25) is 14.4 Å². The lowest BCUT2D eigenvalue weighted by atomic mass is 10.1. The molecule has 7 nitrogen and oxygen atoms in total. The van der Waals surface area contributed by atoms with Gasteiger partial charge >= 0.3 is 0 Å². The summed E-state index contributed by atoms with van der Waals surface area (Å²) in [5.41, 5.74) is 0.645. The zero-order valence-electron chi connectivity index (χ0n) is 15.1. The van der Waals surface area contributed by atoms with Gasteiger partial charge < -0.3 is 20.3 Å². The predicted octanol–water partition coefficient (Wildman–Crippen LogP) is 0.757. The third-order valence-electron chi connectivity index (χ3n) is 4.75. The Balaban J connectivity index is 1.89. The van der Waals surface area contributed by atoms with Gasteiger partial charge in [-0.05, 0) is 30.4 Å². The van der Waals surface area contributed by atoms with Gasteiger partial charge in [-0.1, -0.05) is 30.3 Å². The van der Waals surface area contributed by atoms with Crippen LogP contribution in [0.2, 0.25) is 0 Å². The molecule has 1 heterocycles. The summed E-state index contributed by atoms with van der Waals surface area (Å²) in [6.07, 6.45) is 2.97. The number of hydrogen-bond donors (Lipinski definition) is 3. The van der Waals surface area contributed by atoms with Crippen LogP contribution in [-0.4, -0.2) is 41.2 Å². The van der Waals surface area contributed by atoms with E-state index < -0.39 is 11.5 Å². The first-order valence-corrected chi connectivity index (χ1v) is 8.95. The summed E-state index contributed by atoms with van der Waals surface area (Å²) < 4.78 is 1.38. The monoisotopic (exact) mass is 369 g/mol. The maximum absolute atomic E-state index is 12.7. The summed E-state index contributed by atoms with van der Waals surface area (Å²) in [5, 5.41) is 14.3. The van der Waals surface area contributed by atoms with Crippen molar-refractivity contribution < 1.29 is 14.7 Å². The van der Waals surface area contributed by atoms with E-state index in [1.54, 1.807) is 0 Å². The Morgan fingerprint density at radius 3 is 2.63 bits per heavy atom. The quantitative estimate of drug-likeness (QED) is 0.671. The molecule has 1 aromatic heterocycles. The summed E-state index contributed by atoms with van der Waals surface area (Å²) in [6, 6.07) is 10.7. The lowest BCUT2D eigenvalue weighted by molar-refractivity contribution is 0.0947. The van der Waals surface area contributed by atoms with E-state index >= 15 is 0 Å². The molecule has 7 heteroatoms. The van der Waals surface area contributed by atoms with Crippen LogP contribution in [-0.2, 0) is 6.54 Å². The van der Waals surface area contributed by atoms with Gasteiger partial charge in [-0.2, -0.15) is 0 Å². The molecule has 3 N–H and O–H groups in total. The lowest BCUT2D eigenvalue weighted by Crippen LogP contribution is -2.34. The molecular formula is C20H23N3O4. The molecule has 1 fully saturated rings. The molecule has 27 heavy (non-hydrogen) atoms. The Bertz CT molecular complexity index is 892. The fourth-order valence-electron chi connectivity index (χ4n) is 3.12. The van der Waals surface area contributed by atoms with Gasteiger partial charge in [0.05, 0.1) is 12.1 Å². The van der Waals surface area contributed by atoms with Crippen molar-refractivity contribution in [1.29, 1.82) is 0 Å². The van der Waals surface area contributed by atoms with E-state index in [2.05, 4.69) is 10.6 Å². The maximum atomic E-state index is 12.7. The highest BCUT2D eigenvalue weighted by Gasteiger charge is 2.37. The van der Waals surface area contributed by atoms with Gasteiger partial charge in [0, 0.05) is 25.9 Å². The van der Waals surface area contributed by atoms with Gasteiger partial charge in [0.15, 0.2) is 0 Å². The first kappa shape index (κ1) is 18.8. The van der Waals surface area contributed by atoms with Crippen molar-refractivity contribution in [2.75, 3.05) is 13.7 Å². The average molecular weight is 369 g/mol.